The van der Waals surface area contributed by atoms with E-state index in [0.29, 0.717) is 6.04 Å². The predicted molar refractivity (Wildman–Crippen MR) is 78.2 cm³/mol. The summed E-state index contributed by atoms with van der Waals surface area (Å²) in [5.41, 5.74) is 1.17. The fraction of sp³-hybridized carbons (Fsp3) is 0.467. The van der Waals surface area contributed by atoms with Crippen LogP contribution < -0.4 is 9.47 Å². The molecule has 0 bridgehead atoms. The molecule has 0 spiro atoms. The van der Waals surface area contributed by atoms with Crippen molar-refractivity contribution in [3.8, 4) is 11.5 Å². The van der Waals surface area contributed by atoms with Crippen LogP contribution in [-0.2, 0) is 6.54 Å². The van der Waals surface area contributed by atoms with Gasteiger partial charge < -0.3 is 18.9 Å². The number of likely N-dealkylation sites (N-methyl/N-ethyl adjacent to an activating group) is 1. The Balaban J connectivity index is 2.44. The van der Waals surface area contributed by atoms with Crippen molar-refractivity contribution in [3.63, 3.8) is 0 Å². The monoisotopic (exact) mass is 262 g/mol. The number of methoxy groups -OCH3 is 2. The molecule has 1 atom stereocenters. The maximum atomic E-state index is 5.47. The summed E-state index contributed by atoms with van der Waals surface area (Å²) < 4.78 is 13.0. The van der Waals surface area contributed by atoms with Crippen LogP contribution in [0.15, 0.2) is 24.4 Å². The van der Waals surface area contributed by atoms with Gasteiger partial charge in [-0.2, -0.15) is 0 Å². The van der Waals surface area contributed by atoms with E-state index in [9.17, 15) is 0 Å². The molecule has 4 nitrogen and oxygen atoms in total. The van der Waals surface area contributed by atoms with E-state index in [1.807, 2.05) is 6.07 Å². The molecule has 0 aliphatic rings. The van der Waals surface area contributed by atoms with Gasteiger partial charge in [0.05, 0.1) is 19.7 Å². The maximum Gasteiger partial charge on any atom is 0.170 e. The molecule has 104 valence electrons. The van der Waals surface area contributed by atoms with E-state index in [-0.39, 0.29) is 0 Å². The lowest BCUT2D eigenvalue weighted by atomic mass is 10.2. The molecule has 0 aliphatic carbocycles. The molecule has 2 aromatic rings. The Morgan fingerprint density at radius 1 is 1.16 bits per heavy atom. The van der Waals surface area contributed by atoms with Crippen molar-refractivity contribution < 1.29 is 9.47 Å². The first-order valence-corrected chi connectivity index (χ1v) is 6.44. The summed E-state index contributed by atoms with van der Waals surface area (Å²) in [5.74, 6) is 1.57. The number of benzene rings is 1. The molecule has 1 aromatic heterocycles. The molecular formula is C15H22N2O2. The van der Waals surface area contributed by atoms with Crippen LogP contribution >= 0.6 is 0 Å². The van der Waals surface area contributed by atoms with E-state index in [1.54, 1.807) is 14.2 Å². The van der Waals surface area contributed by atoms with E-state index in [0.717, 1.165) is 23.4 Å². The SMILES string of the molecule is COc1ccc2c(ccn2C[C@@H](C)N(C)C)c1OC. The van der Waals surface area contributed by atoms with Crippen LogP contribution in [0.4, 0.5) is 0 Å². The van der Waals surface area contributed by atoms with Crippen LogP contribution in [-0.4, -0.2) is 43.8 Å². The highest BCUT2D eigenvalue weighted by Crippen LogP contribution is 2.35. The van der Waals surface area contributed by atoms with Crippen molar-refractivity contribution in [2.75, 3.05) is 28.3 Å². The van der Waals surface area contributed by atoms with Crippen molar-refractivity contribution in [1.82, 2.24) is 9.47 Å². The lowest BCUT2D eigenvalue weighted by molar-refractivity contribution is 0.286. The van der Waals surface area contributed by atoms with E-state index in [1.165, 1.54) is 5.52 Å². The molecule has 0 saturated carbocycles. The largest absolute Gasteiger partial charge is 0.493 e. The second-order valence-electron chi connectivity index (χ2n) is 5.01. The summed E-state index contributed by atoms with van der Waals surface area (Å²) in [6.07, 6.45) is 2.10. The van der Waals surface area contributed by atoms with Crippen molar-refractivity contribution in [1.29, 1.82) is 0 Å². The zero-order valence-electron chi connectivity index (χ0n) is 12.3. The number of ether oxygens (including phenoxy) is 2. The first-order chi connectivity index (χ1) is 9.08. The summed E-state index contributed by atoms with van der Waals surface area (Å²) in [6, 6.07) is 6.60. The van der Waals surface area contributed by atoms with Gasteiger partial charge in [-0.25, -0.2) is 0 Å². The summed E-state index contributed by atoms with van der Waals surface area (Å²) in [4.78, 5) is 2.21. The third kappa shape index (κ3) is 2.54. The van der Waals surface area contributed by atoms with Gasteiger partial charge in [0.25, 0.3) is 0 Å². The van der Waals surface area contributed by atoms with Crippen molar-refractivity contribution in [2.24, 2.45) is 0 Å². The third-order valence-electron chi connectivity index (χ3n) is 3.63. The van der Waals surface area contributed by atoms with Crippen LogP contribution in [0.1, 0.15) is 6.92 Å². The smallest absolute Gasteiger partial charge is 0.170 e. The minimum absolute atomic E-state index is 0.476. The Hall–Kier alpha value is -1.68. The topological polar surface area (TPSA) is 26.6 Å². The Kier molecular flexibility index (Phi) is 4.00. The molecule has 0 saturated heterocycles. The van der Waals surface area contributed by atoms with Gasteiger partial charge in [0.15, 0.2) is 11.5 Å². The number of rotatable bonds is 5. The molecule has 0 radical (unpaired) electrons. The Bertz CT molecular complexity index is 561. The van der Waals surface area contributed by atoms with Crippen LogP contribution in [0.2, 0.25) is 0 Å². The highest BCUT2D eigenvalue weighted by Gasteiger charge is 2.13. The zero-order chi connectivity index (χ0) is 14.0. The lowest BCUT2D eigenvalue weighted by Crippen LogP contribution is -2.28. The normalized spacial score (nSPS) is 12.9. The molecule has 0 aliphatic heterocycles. The summed E-state index contributed by atoms with van der Waals surface area (Å²) in [7, 11) is 7.53. The predicted octanol–water partition coefficient (Wildman–Crippen LogP) is 2.61. The lowest BCUT2D eigenvalue weighted by Gasteiger charge is -2.21. The van der Waals surface area contributed by atoms with Gasteiger partial charge in [-0.3, -0.25) is 0 Å². The molecule has 1 aromatic carbocycles. The van der Waals surface area contributed by atoms with Crippen LogP contribution in [0.3, 0.4) is 0 Å². The zero-order valence-corrected chi connectivity index (χ0v) is 12.3. The third-order valence-corrected chi connectivity index (χ3v) is 3.63. The quantitative estimate of drug-likeness (QED) is 0.828. The van der Waals surface area contributed by atoms with Crippen molar-refractivity contribution in [3.05, 3.63) is 24.4 Å². The van der Waals surface area contributed by atoms with E-state index < -0.39 is 0 Å². The second kappa shape index (κ2) is 5.53. The van der Waals surface area contributed by atoms with Crippen molar-refractivity contribution in [2.45, 2.75) is 19.5 Å². The van der Waals surface area contributed by atoms with Crippen LogP contribution in [0.25, 0.3) is 10.9 Å². The molecule has 0 amide bonds. The standard InChI is InChI=1S/C15H22N2O2/c1-11(16(2)3)10-17-9-8-12-13(17)6-7-14(18-4)15(12)19-5/h6-9,11H,10H2,1-5H3/t11-/m1/s1. The molecule has 0 fully saturated rings. The van der Waals surface area contributed by atoms with Crippen molar-refractivity contribution >= 4 is 10.9 Å². The van der Waals surface area contributed by atoms with Gasteiger partial charge in [-0.05, 0) is 39.2 Å². The average Bonchev–Trinajstić information content (AvgIpc) is 2.80. The Morgan fingerprint density at radius 3 is 2.47 bits per heavy atom. The minimum Gasteiger partial charge on any atom is -0.493 e. The summed E-state index contributed by atoms with van der Waals surface area (Å²) in [6.45, 7) is 3.17. The molecule has 4 heteroatoms. The molecular weight excluding hydrogens is 240 g/mol. The maximum absolute atomic E-state index is 5.47. The van der Waals surface area contributed by atoms with Gasteiger partial charge in [-0.1, -0.05) is 0 Å². The Labute approximate surface area is 114 Å². The fourth-order valence-electron chi connectivity index (χ4n) is 2.20. The van der Waals surface area contributed by atoms with E-state index in [2.05, 4.69) is 48.8 Å². The summed E-state index contributed by atoms with van der Waals surface area (Å²) >= 11 is 0. The number of aromatic nitrogens is 1. The minimum atomic E-state index is 0.476. The highest BCUT2D eigenvalue weighted by atomic mass is 16.5. The van der Waals surface area contributed by atoms with Gasteiger partial charge in [0.2, 0.25) is 0 Å². The molecule has 0 unspecified atom stereocenters. The first-order valence-electron chi connectivity index (χ1n) is 6.44. The molecule has 1 heterocycles. The van der Waals surface area contributed by atoms with Gasteiger partial charge in [0.1, 0.15) is 0 Å². The van der Waals surface area contributed by atoms with E-state index in [4.69, 9.17) is 9.47 Å². The highest BCUT2D eigenvalue weighted by molar-refractivity contribution is 5.89. The van der Waals surface area contributed by atoms with Crippen LogP contribution in [0, 0.1) is 0 Å². The fourth-order valence-corrected chi connectivity index (χ4v) is 2.20. The average molecular weight is 262 g/mol. The van der Waals surface area contributed by atoms with Gasteiger partial charge in [0, 0.05) is 24.2 Å². The van der Waals surface area contributed by atoms with Gasteiger partial charge in [-0.15, -0.1) is 0 Å². The molecule has 2 rings (SSSR count). The Morgan fingerprint density at radius 2 is 1.89 bits per heavy atom. The number of nitrogens with zero attached hydrogens (tertiary/aromatic N) is 2. The number of hydrogen-bond donors (Lipinski definition) is 0. The molecule has 19 heavy (non-hydrogen) atoms. The first kappa shape index (κ1) is 13.7. The van der Waals surface area contributed by atoms with Crippen LogP contribution in [0.5, 0.6) is 11.5 Å². The second-order valence-corrected chi connectivity index (χ2v) is 5.01. The number of hydrogen-bond acceptors (Lipinski definition) is 3. The number of fused-ring (bicyclic) bond motifs is 1. The summed E-state index contributed by atoms with van der Waals surface area (Å²) in [5, 5.41) is 1.09. The molecule has 0 N–H and O–H groups in total. The van der Waals surface area contributed by atoms with Gasteiger partial charge >= 0.3 is 0 Å². The van der Waals surface area contributed by atoms with E-state index >= 15 is 0 Å².